The van der Waals surface area contributed by atoms with Gasteiger partial charge in [0.2, 0.25) is 35.4 Å². The summed E-state index contributed by atoms with van der Waals surface area (Å²) in [5, 5.41) is 91.6. The molecular formula is C33H72N6O16. The zero-order chi connectivity index (χ0) is 44.7. The van der Waals surface area contributed by atoms with Gasteiger partial charge in [-0.25, -0.2) is 0 Å². The Balaban J connectivity index is -0.000000132. The number of hydrogen-bond acceptors (Lipinski definition) is 16. The Hall–Kier alpha value is -3.58. The molecule has 0 saturated carbocycles. The average Bonchev–Trinajstić information content (AvgIpc) is 3.09. The van der Waals surface area contributed by atoms with Gasteiger partial charge in [-0.2, -0.15) is 0 Å². The van der Waals surface area contributed by atoms with Gasteiger partial charge in [0.1, 0.15) is 5.54 Å². The van der Waals surface area contributed by atoms with Crippen molar-refractivity contribution in [3.05, 3.63) is 0 Å². The van der Waals surface area contributed by atoms with Crippen LogP contribution in [0, 0.1) is 0 Å². The van der Waals surface area contributed by atoms with Gasteiger partial charge in [0.15, 0.2) is 0 Å². The van der Waals surface area contributed by atoms with Crippen molar-refractivity contribution in [1.82, 2.24) is 31.9 Å². The molecule has 0 aliphatic rings. The lowest BCUT2D eigenvalue weighted by molar-refractivity contribution is -0.123. The lowest BCUT2D eigenvalue weighted by Crippen LogP contribution is -2.56. The smallest absolute Gasteiger partial charge is 0.217 e. The zero-order valence-corrected chi connectivity index (χ0v) is 34.2. The Morgan fingerprint density at radius 2 is 0.909 bits per heavy atom. The van der Waals surface area contributed by atoms with E-state index in [-0.39, 0.29) is 62.6 Å². The van der Waals surface area contributed by atoms with E-state index < -0.39 is 48.4 Å². The van der Waals surface area contributed by atoms with E-state index in [1.54, 1.807) is 27.7 Å². The minimum Gasteiger partial charge on any atom is -0.395 e. The molecule has 0 heterocycles. The molecule has 6 amide bonds. The molecule has 0 aliphatic heterocycles. The Morgan fingerprint density at radius 3 is 1.09 bits per heavy atom. The first-order chi connectivity index (χ1) is 25.3. The highest BCUT2D eigenvalue weighted by Gasteiger charge is 2.28. The standard InChI is InChI=1S/C6H13NO4.2C6H13NO3.C6H13NO2.C5H11NO2.C4H9NO2/c1-5(11)7-6(2-8,3-9)4-10;1-5(10)7-6(2,3-8)4-9;1-6(9)7-2-4-10-5-3-8;1-5(9)7-6(2,3)4-8;1-4(7)3-6-5(2)8;1-4(7)5-2-3-6/h8-10H,2-4H2,1H3,(H,7,11);8-9H,3-4H2,1-2H3,(H,7,10);8H,2-5H2,1H3,(H,7,9);8H,4H2,1-3H3,(H,7,9);4,7H,3H2,1-2H3,(H,6,8);6H,2-3H2,1H3,(H,5,7). The van der Waals surface area contributed by atoms with Crippen LogP contribution in [0.5, 0.6) is 0 Å². The lowest BCUT2D eigenvalue weighted by Gasteiger charge is -2.27. The molecule has 330 valence electrons. The number of nitrogens with one attached hydrogen (secondary N) is 6. The van der Waals surface area contributed by atoms with Gasteiger partial charge in [0.25, 0.3) is 0 Å². The predicted molar refractivity (Wildman–Crippen MR) is 202 cm³/mol. The fourth-order valence-electron chi connectivity index (χ4n) is 2.70. The van der Waals surface area contributed by atoms with Crippen LogP contribution in [0.25, 0.3) is 0 Å². The summed E-state index contributed by atoms with van der Waals surface area (Å²) in [7, 11) is 0. The molecule has 0 saturated heterocycles. The van der Waals surface area contributed by atoms with Crippen molar-refractivity contribution in [1.29, 1.82) is 0 Å². The second kappa shape index (κ2) is 40.1. The van der Waals surface area contributed by atoms with Crippen molar-refractivity contribution in [2.75, 3.05) is 85.7 Å². The van der Waals surface area contributed by atoms with Crippen LogP contribution < -0.4 is 31.9 Å². The summed E-state index contributed by atoms with van der Waals surface area (Å²) in [6.45, 7) is 15.0. The Morgan fingerprint density at radius 1 is 0.509 bits per heavy atom. The van der Waals surface area contributed by atoms with E-state index in [0.29, 0.717) is 32.8 Å². The van der Waals surface area contributed by atoms with Crippen LogP contribution in [-0.2, 0) is 33.5 Å². The van der Waals surface area contributed by atoms with Crippen LogP contribution in [0.2, 0.25) is 0 Å². The molecular weight excluding hydrogens is 736 g/mol. The van der Waals surface area contributed by atoms with Crippen molar-refractivity contribution in [2.45, 2.75) is 92.0 Å². The van der Waals surface area contributed by atoms with Crippen molar-refractivity contribution >= 4 is 35.4 Å². The maximum atomic E-state index is 10.5. The summed E-state index contributed by atoms with van der Waals surface area (Å²) >= 11 is 0. The Bertz CT molecular complexity index is 987. The van der Waals surface area contributed by atoms with Crippen molar-refractivity contribution in [3.8, 4) is 0 Å². The normalized spacial score (nSPS) is 10.7. The Kier molecular flexibility index (Phi) is 46.2. The summed E-state index contributed by atoms with van der Waals surface area (Å²) in [4.78, 5) is 61.7. The van der Waals surface area contributed by atoms with Crippen LogP contribution in [0.15, 0.2) is 0 Å². The zero-order valence-electron chi connectivity index (χ0n) is 34.2. The molecule has 22 nitrogen and oxygen atoms in total. The number of ether oxygens (including phenoxy) is 1. The second-order valence-electron chi connectivity index (χ2n) is 12.5. The highest BCUT2D eigenvalue weighted by atomic mass is 16.5. The molecule has 0 spiro atoms. The van der Waals surface area contributed by atoms with Crippen molar-refractivity contribution in [2.24, 2.45) is 0 Å². The maximum Gasteiger partial charge on any atom is 0.217 e. The summed E-state index contributed by atoms with van der Waals surface area (Å²) in [5.74, 6) is -1.05. The summed E-state index contributed by atoms with van der Waals surface area (Å²) < 4.78 is 4.87. The summed E-state index contributed by atoms with van der Waals surface area (Å²) in [6, 6.07) is 0. The number of carbonyl (C=O) groups excluding carboxylic acids is 6. The number of amides is 6. The van der Waals surface area contributed by atoms with Gasteiger partial charge < -0.3 is 82.6 Å². The fraction of sp³-hybridized carbons (Fsp3) is 0.818. The third-order valence-electron chi connectivity index (χ3n) is 5.42. The third kappa shape index (κ3) is 57.3. The summed E-state index contributed by atoms with van der Waals surface area (Å²) in [6.07, 6.45) is -0.445. The first-order valence-electron chi connectivity index (χ1n) is 17.0. The minimum atomic E-state index is -1.29. The molecule has 0 radical (unpaired) electrons. The average molecular weight is 809 g/mol. The highest BCUT2D eigenvalue weighted by Crippen LogP contribution is 2.01. The number of aliphatic hydroxyl groups excluding tert-OH is 9. The lowest BCUT2D eigenvalue weighted by atomic mass is 10.0. The quantitative estimate of drug-likeness (QED) is 0.0574. The van der Waals surface area contributed by atoms with E-state index in [1.165, 1.54) is 41.5 Å². The van der Waals surface area contributed by atoms with E-state index in [1.807, 2.05) is 0 Å². The maximum absolute atomic E-state index is 10.5. The first kappa shape index (κ1) is 63.4. The number of aliphatic hydroxyl groups is 9. The molecule has 0 rings (SSSR count). The van der Waals surface area contributed by atoms with Gasteiger partial charge in [-0.3, -0.25) is 28.8 Å². The van der Waals surface area contributed by atoms with Crippen molar-refractivity contribution in [3.63, 3.8) is 0 Å². The summed E-state index contributed by atoms with van der Waals surface area (Å²) in [5.41, 5.74) is -2.65. The van der Waals surface area contributed by atoms with Crippen LogP contribution in [0.4, 0.5) is 0 Å². The molecule has 55 heavy (non-hydrogen) atoms. The molecule has 15 N–H and O–H groups in total. The van der Waals surface area contributed by atoms with Crippen LogP contribution in [0.3, 0.4) is 0 Å². The molecule has 0 bridgehead atoms. The van der Waals surface area contributed by atoms with E-state index in [2.05, 4.69) is 31.9 Å². The van der Waals surface area contributed by atoms with E-state index in [4.69, 9.17) is 50.7 Å². The second-order valence-corrected chi connectivity index (χ2v) is 12.5. The molecule has 0 aliphatic carbocycles. The topological polar surface area (TPSA) is 366 Å². The Labute approximate surface area is 324 Å². The SMILES string of the molecule is CC(=O)NC(C)(C)CO.CC(=O)NC(C)(CO)CO.CC(=O)NC(CO)(CO)CO.CC(=O)NCC(C)O.CC(=O)NCCO.CC(=O)NCCOCCO. The van der Waals surface area contributed by atoms with Gasteiger partial charge in [0, 0.05) is 61.2 Å². The van der Waals surface area contributed by atoms with E-state index >= 15 is 0 Å². The minimum absolute atomic E-state index is 0.0135. The molecule has 1 atom stereocenters. The number of rotatable bonds is 18. The van der Waals surface area contributed by atoms with Crippen LogP contribution in [-0.4, -0.2) is 190 Å². The largest absolute Gasteiger partial charge is 0.395 e. The van der Waals surface area contributed by atoms with Gasteiger partial charge in [-0.15, -0.1) is 0 Å². The molecule has 0 aromatic carbocycles. The van der Waals surface area contributed by atoms with Gasteiger partial charge in [-0.05, 0) is 27.7 Å². The molecule has 22 heteroatoms. The van der Waals surface area contributed by atoms with Crippen LogP contribution >= 0.6 is 0 Å². The van der Waals surface area contributed by atoms with E-state index in [0.717, 1.165) is 0 Å². The number of carbonyl (C=O) groups is 6. The van der Waals surface area contributed by atoms with Crippen molar-refractivity contribution < 1.29 is 79.5 Å². The molecule has 0 aromatic heterocycles. The van der Waals surface area contributed by atoms with Crippen LogP contribution in [0.1, 0.15) is 69.2 Å². The molecule has 0 aromatic rings. The number of hydrogen-bond donors (Lipinski definition) is 15. The monoisotopic (exact) mass is 809 g/mol. The van der Waals surface area contributed by atoms with Gasteiger partial charge in [0.05, 0.1) is 83.3 Å². The third-order valence-corrected chi connectivity index (χ3v) is 5.42. The van der Waals surface area contributed by atoms with Gasteiger partial charge in [-0.1, -0.05) is 0 Å². The van der Waals surface area contributed by atoms with Gasteiger partial charge >= 0.3 is 0 Å². The first-order valence-corrected chi connectivity index (χ1v) is 17.0. The van der Waals surface area contributed by atoms with E-state index in [9.17, 15) is 28.8 Å². The molecule has 1 unspecified atom stereocenters. The fourth-order valence-corrected chi connectivity index (χ4v) is 2.70. The highest BCUT2D eigenvalue weighted by molar-refractivity contribution is 5.75. The predicted octanol–water partition coefficient (Wildman–Crippen LogP) is -5.65. The molecule has 0 fully saturated rings.